The van der Waals surface area contributed by atoms with E-state index in [1.54, 1.807) is 4.90 Å². The average Bonchev–Trinajstić information content (AvgIpc) is 2.82. The molecule has 0 spiro atoms. The normalized spacial score (nSPS) is 20.2. The minimum Gasteiger partial charge on any atom is -0.454 e. The number of benzene rings is 1. The van der Waals surface area contributed by atoms with E-state index in [1.165, 1.54) is 5.56 Å². The van der Waals surface area contributed by atoms with E-state index in [0.29, 0.717) is 6.54 Å². The predicted octanol–water partition coefficient (Wildman–Crippen LogP) is 3.27. The van der Waals surface area contributed by atoms with Gasteiger partial charge in [-0.2, -0.15) is 0 Å². The highest BCUT2D eigenvalue weighted by molar-refractivity contribution is 5.70. The van der Waals surface area contributed by atoms with E-state index in [4.69, 9.17) is 14.2 Å². The van der Waals surface area contributed by atoms with Crippen molar-refractivity contribution in [3.05, 3.63) is 23.3 Å². The van der Waals surface area contributed by atoms with Crippen LogP contribution in [0.25, 0.3) is 0 Å². The summed E-state index contributed by atoms with van der Waals surface area (Å²) in [4.78, 5) is 14.1. The Balaban J connectivity index is 1.85. The molecule has 0 saturated carbocycles. The molecule has 21 heavy (non-hydrogen) atoms. The summed E-state index contributed by atoms with van der Waals surface area (Å²) in [5.41, 5.74) is 1.84. The lowest BCUT2D eigenvalue weighted by atomic mass is 9.93. The Morgan fingerprint density at radius 2 is 1.95 bits per heavy atom. The first-order chi connectivity index (χ1) is 9.85. The highest BCUT2D eigenvalue weighted by Crippen LogP contribution is 2.40. The fourth-order valence-electron chi connectivity index (χ4n) is 2.78. The predicted molar refractivity (Wildman–Crippen MR) is 77.6 cm³/mol. The highest BCUT2D eigenvalue weighted by atomic mass is 16.7. The van der Waals surface area contributed by atoms with E-state index in [2.05, 4.69) is 0 Å². The second kappa shape index (κ2) is 4.83. The largest absolute Gasteiger partial charge is 0.454 e. The van der Waals surface area contributed by atoms with Crippen LogP contribution in [0.1, 0.15) is 44.9 Å². The van der Waals surface area contributed by atoms with Crippen molar-refractivity contribution in [2.75, 3.05) is 13.3 Å². The van der Waals surface area contributed by atoms with Crippen molar-refractivity contribution in [2.24, 2.45) is 0 Å². The summed E-state index contributed by atoms with van der Waals surface area (Å²) >= 11 is 0. The summed E-state index contributed by atoms with van der Waals surface area (Å²) in [6.07, 6.45) is 0.536. The van der Waals surface area contributed by atoms with Gasteiger partial charge in [0.1, 0.15) is 5.60 Å². The van der Waals surface area contributed by atoms with Crippen molar-refractivity contribution in [3.63, 3.8) is 0 Å². The number of hydrogen-bond acceptors (Lipinski definition) is 4. The smallest absolute Gasteiger partial charge is 0.410 e. The molecule has 2 heterocycles. The maximum atomic E-state index is 12.3. The van der Waals surface area contributed by atoms with Crippen LogP contribution in [0.2, 0.25) is 0 Å². The lowest BCUT2D eigenvalue weighted by Crippen LogP contribution is -2.42. The maximum absolute atomic E-state index is 12.3. The van der Waals surface area contributed by atoms with Gasteiger partial charge in [0.2, 0.25) is 6.79 Å². The molecule has 1 amide bonds. The Bertz CT molecular complexity index is 576. The zero-order valence-corrected chi connectivity index (χ0v) is 12.9. The Morgan fingerprint density at radius 1 is 1.29 bits per heavy atom. The van der Waals surface area contributed by atoms with Crippen molar-refractivity contribution in [1.82, 2.24) is 4.90 Å². The van der Waals surface area contributed by atoms with Gasteiger partial charge in [0, 0.05) is 6.54 Å². The zero-order chi connectivity index (χ0) is 15.2. The molecule has 114 valence electrons. The third-order valence-electron chi connectivity index (χ3n) is 3.80. The van der Waals surface area contributed by atoms with E-state index < -0.39 is 5.60 Å². The lowest BCUT2D eigenvalue weighted by Gasteiger charge is -2.36. The Kier molecular flexibility index (Phi) is 3.23. The first-order valence-corrected chi connectivity index (χ1v) is 7.27. The molecule has 1 aromatic rings. The number of carbonyl (C=O) groups is 1. The summed E-state index contributed by atoms with van der Waals surface area (Å²) in [6.45, 7) is 8.58. The second-order valence-corrected chi connectivity index (χ2v) is 6.50. The van der Waals surface area contributed by atoms with Crippen LogP contribution < -0.4 is 9.47 Å². The minimum atomic E-state index is -0.480. The van der Waals surface area contributed by atoms with Crippen molar-refractivity contribution in [3.8, 4) is 11.5 Å². The van der Waals surface area contributed by atoms with Crippen LogP contribution in [-0.4, -0.2) is 29.9 Å². The molecule has 0 aromatic heterocycles. The van der Waals surface area contributed by atoms with E-state index in [9.17, 15) is 4.79 Å². The molecule has 0 bridgehead atoms. The Hall–Kier alpha value is -1.91. The second-order valence-electron chi connectivity index (χ2n) is 6.50. The fourth-order valence-corrected chi connectivity index (χ4v) is 2.78. The van der Waals surface area contributed by atoms with Crippen molar-refractivity contribution in [2.45, 2.75) is 45.8 Å². The van der Waals surface area contributed by atoms with Crippen LogP contribution >= 0.6 is 0 Å². The van der Waals surface area contributed by atoms with Crippen LogP contribution in [0.5, 0.6) is 11.5 Å². The van der Waals surface area contributed by atoms with Crippen LogP contribution in [0.15, 0.2) is 12.1 Å². The Labute approximate surface area is 124 Å². The quantitative estimate of drug-likeness (QED) is 0.736. The van der Waals surface area contributed by atoms with E-state index in [1.807, 2.05) is 39.8 Å². The summed E-state index contributed by atoms with van der Waals surface area (Å²) in [6, 6.07) is 3.98. The van der Waals surface area contributed by atoms with Crippen molar-refractivity contribution in [1.29, 1.82) is 0 Å². The highest BCUT2D eigenvalue weighted by Gasteiger charge is 2.32. The van der Waals surface area contributed by atoms with Gasteiger partial charge >= 0.3 is 6.09 Å². The molecule has 1 atom stereocenters. The summed E-state index contributed by atoms with van der Waals surface area (Å²) in [7, 11) is 0. The van der Waals surface area contributed by atoms with E-state index >= 15 is 0 Å². The number of rotatable bonds is 0. The molecule has 0 aliphatic carbocycles. The fraction of sp³-hybridized carbons (Fsp3) is 0.562. The molecule has 5 heteroatoms. The summed E-state index contributed by atoms with van der Waals surface area (Å²) in [5.74, 6) is 1.55. The van der Waals surface area contributed by atoms with Crippen LogP contribution in [0.4, 0.5) is 4.79 Å². The molecule has 0 unspecified atom stereocenters. The van der Waals surface area contributed by atoms with Gasteiger partial charge in [0.05, 0.1) is 6.04 Å². The van der Waals surface area contributed by atoms with Gasteiger partial charge in [0.25, 0.3) is 0 Å². The summed E-state index contributed by atoms with van der Waals surface area (Å²) < 4.78 is 16.3. The maximum Gasteiger partial charge on any atom is 0.410 e. The van der Waals surface area contributed by atoms with Crippen LogP contribution in [0.3, 0.4) is 0 Å². The molecule has 0 saturated heterocycles. The molecule has 5 nitrogen and oxygen atoms in total. The van der Waals surface area contributed by atoms with E-state index in [0.717, 1.165) is 23.5 Å². The molecule has 1 aromatic carbocycles. The van der Waals surface area contributed by atoms with Gasteiger partial charge in [-0.05, 0) is 57.4 Å². The minimum absolute atomic E-state index is 0.0295. The SMILES string of the molecule is C[C@H]1c2cc3c(cc2CCN1C(=O)OC(C)(C)C)OCO3. The number of nitrogens with zero attached hydrogens (tertiary/aromatic N) is 1. The van der Waals surface area contributed by atoms with Crippen LogP contribution in [0, 0.1) is 0 Å². The first-order valence-electron chi connectivity index (χ1n) is 7.27. The molecular weight excluding hydrogens is 270 g/mol. The van der Waals surface area contributed by atoms with Gasteiger partial charge in [-0.3, -0.25) is 0 Å². The third-order valence-corrected chi connectivity index (χ3v) is 3.80. The zero-order valence-electron chi connectivity index (χ0n) is 12.9. The third kappa shape index (κ3) is 2.64. The van der Waals surface area contributed by atoms with E-state index in [-0.39, 0.29) is 18.9 Å². The number of fused-ring (bicyclic) bond motifs is 2. The summed E-state index contributed by atoms with van der Waals surface area (Å²) in [5, 5.41) is 0. The molecule has 3 rings (SSSR count). The number of carbonyl (C=O) groups excluding carboxylic acids is 1. The number of amides is 1. The Morgan fingerprint density at radius 3 is 2.62 bits per heavy atom. The molecule has 0 fully saturated rings. The van der Waals surface area contributed by atoms with Gasteiger partial charge in [0.15, 0.2) is 11.5 Å². The van der Waals surface area contributed by atoms with Gasteiger partial charge in [-0.15, -0.1) is 0 Å². The average molecular weight is 291 g/mol. The number of hydrogen-bond donors (Lipinski definition) is 0. The van der Waals surface area contributed by atoms with Crippen molar-refractivity contribution < 1.29 is 19.0 Å². The van der Waals surface area contributed by atoms with Crippen LogP contribution in [-0.2, 0) is 11.2 Å². The lowest BCUT2D eigenvalue weighted by molar-refractivity contribution is 0.0159. The molecular formula is C16H21NO4. The van der Waals surface area contributed by atoms with Gasteiger partial charge in [-0.25, -0.2) is 4.79 Å². The van der Waals surface area contributed by atoms with Crippen molar-refractivity contribution >= 4 is 6.09 Å². The first kappa shape index (κ1) is 14.0. The van der Waals surface area contributed by atoms with Gasteiger partial charge in [-0.1, -0.05) is 0 Å². The molecule has 0 N–H and O–H groups in total. The number of ether oxygens (including phenoxy) is 3. The van der Waals surface area contributed by atoms with Gasteiger partial charge < -0.3 is 19.1 Å². The monoisotopic (exact) mass is 291 g/mol. The topological polar surface area (TPSA) is 48.0 Å². The molecule has 2 aliphatic heterocycles. The standard InChI is InChI=1S/C16H21NO4/c1-10-12-8-14-13(19-9-20-14)7-11(12)5-6-17(10)15(18)21-16(2,3)4/h7-8,10H,5-6,9H2,1-4H3/t10-/m0/s1. The molecule has 2 aliphatic rings. The molecule has 0 radical (unpaired) electrons.